The Morgan fingerprint density at radius 1 is 1.39 bits per heavy atom. The maximum absolute atomic E-state index is 11.8. The van der Waals surface area contributed by atoms with Crippen LogP contribution in [0.2, 0.25) is 0 Å². The summed E-state index contributed by atoms with van der Waals surface area (Å²) in [5.74, 6) is 0.354. The number of urea groups is 1. The number of hydrogen-bond acceptors (Lipinski definition) is 3. The highest BCUT2D eigenvalue weighted by atomic mass is 16.5. The van der Waals surface area contributed by atoms with Crippen molar-refractivity contribution in [3.05, 3.63) is 23.8 Å². The molecule has 5 heteroatoms. The molecule has 2 rings (SSSR count). The van der Waals surface area contributed by atoms with E-state index in [1.165, 1.54) is 0 Å². The SMILES string of the molecule is COc1ccc(N2CC(C)C(=O)NC2=O)cc1C. The van der Waals surface area contributed by atoms with Crippen molar-refractivity contribution in [3.8, 4) is 5.75 Å². The molecule has 1 aromatic carbocycles. The molecule has 96 valence electrons. The highest BCUT2D eigenvalue weighted by molar-refractivity contribution is 6.06. The summed E-state index contributed by atoms with van der Waals surface area (Å²) >= 11 is 0. The van der Waals surface area contributed by atoms with E-state index < -0.39 is 0 Å². The number of carbonyl (C=O) groups is 2. The van der Waals surface area contributed by atoms with Crippen LogP contribution >= 0.6 is 0 Å². The van der Waals surface area contributed by atoms with E-state index >= 15 is 0 Å². The number of nitrogens with one attached hydrogen (secondary N) is 1. The molecule has 0 aromatic heterocycles. The molecule has 1 fully saturated rings. The van der Waals surface area contributed by atoms with E-state index in [1.807, 2.05) is 25.1 Å². The Hall–Kier alpha value is -2.04. The molecule has 1 aromatic rings. The van der Waals surface area contributed by atoms with Crippen LogP contribution in [0.5, 0.6) is 5.75 Å². The van der Waals surface area contributed by atoms with E-state index in [1.54, 1.807) is 18.9 Å². The number of ether oxygens (including phenoxy) is 1. The van der Waals surface area contributed by atoms with Crippen molar-refractivity contribution in [2.75, 3.05) is 18.6 Å². The van der Waals surface area contributed by atoms with Gasteiger partial charge in [-0.05, 0) is 30.7 Å². The first-order chi connectivity index (χ1) is 8.52. The number of benzene rings is 1. The van der Waals surface area contributed by atoms with Gasteiger partial charge < -0.3 is 4.74 Å². The van der Waals surface area contributed by atoms with Gasteiger partial charge in [0.15, 0.2) is 0 Å². The second-order valence-corrected chi connectivity index (χ2v) is 4.46. The second-order valence-electron chi connectivity index (χ2n) is 4.46. The molecule has 1 unspecified atom stereocenters. The van der Waals surface area contributed by atoms with Crippen LogP contribution in [-0.4, -0.2) is 25.6 Å². The van der Waals surface area contributed by atoms with Gasteiger partial charge in [0, 0.05) is 12.2 Å². The van der Waals surface area contributed by atoms with Crippen molar-refractivity contribution < 1.29 is 14.3 Å². The first-order valence-electron chi connectivity index (χ1n) is 5.80. The van der Waals surface area contributed by atoms with E-state index in [0.717, 1.165) is 17.0 Å². The third kappa shape index (κ3) is 2.16. The second kappa shape index (κ2) is 4.68. The predicted molar refractivity (Wildman–Crippen MR) is 67.8 cm³/mol. The van der Waals surface area contributed by atoms with Crippen LogP contribution in [0.3, 0.4) is 0 Å². The third-order valence-corrected chi connectivity index (χ3v) is 3.07. The van der Waals surface area contributed by atoms with Gasteiger partial charge in [0.2, 0.25) is 5.91 Å². The standard InChI is InChI=1S/C13H16N2O3/c1-8-6-10(4-5-11(8)18-3)15-7-9(2)12(16)14-13(15)17/h4-6,9H,7H2,1-3H3,(H,14,16,17). The topological polar surface area (TPSA) is 58.6 Å². The summed E-state index contributed by atoms with van der Waals surface area (Å²) in [5, 5.41) is 2.34. The van der Waals surface area contributed by atoms with Crippen LogP contribution in [0.1, 0.15) is 12.5 Å². The maximum atomic E-state index is 11.8. The van der Waals surface area contributed by atoms with Crippen LogP contribution in [0.4, 0.5) is 10.5 Å². The molecular weight excluding hydrogens is 232 g/mol. The largest absolute Gasteiger partial charge is 0.496 e. The van der Waals surface area contributed by atoms with Gasteiger partial charge in [0.05, 0.1) is 13.0 Å². The molecule has 1 heterocycles. The summed E-state index contributed by atoms with van der Waals surface area (Å²) in [7, 11) is 1.61. The highest BCUT2D eigenvalue weighted by Gasteiger charge is 2.30. The number of carbonyl (C=O) groups excluding carboxylic acids is 2. The lowest BCUT2D eigenvalue weighted by atomic mass is 10.1. The molecular formula is C13H16N2O3. The van der Waals surface area contributed by atoms with Gasteiger partial charge >= 0.3 is 6.03 Å². The van der Waals surface area contributed by atoms with Crippen molar-refractivity contribution in [2.24, 2.45) is 5.92 Å². The number of amides is 3. The normalized spacial score (nSPS) is 19.7. The average molecular weight is 248 g/mol. The Morgan fingerprint density at radius 2 is 2.11 bits per heavy atom. The van der Waals surface area contributed by atoms with Crippen LogP contribution < -0.4 is 15.0 Å². The fraction of sp³-hybridized carbons (Fsp3) is 0.385. The average Bonchev–Trinajstić information content (AvgIpc) is 2.33. The van der Waals surface area contributed by atoms with Crippen LogP contribution in [0, 0.1) is 12.8 Å². The quantitative estimate of drug-likeness (QED) is 0.866. The van der Waals surface area contributed by atoms with Gasteiger partial charge in [-0.3, -0.25) is 15.0 Å². The minimum Gasteiger partial charge on any atom is -0.496 e. The van der Waals surface area contributed by atoms with Gasteiger partial charge in [-0.2, -0.15) is 0 Å². The summed E-state index contributed by atoms with van der Waals surface area (Å²) in [5.41, 5.74) is 1.72. The lowest BCUT2D eigenvalue weighted by Gasteiger charge is -2.30. The van der Waals surface area contributed by atoms with Crippen LogP contribution in [0.25, 0.3) is 0 Å². The van der Waals surface area contributed by atoms with E-state index in [4.69, 9.17) is 4.74 Å². The van der Waals surface area contributed by atoms with Crippen molar-refractivity contribution >= 4 is 17.6 Å². The Labute approximate surface area is 106 Å². The highest BCUT2D eigenvalue weighted by Crippen LogP contribution is 2.26. The molecule has 0 aliphatic carbocycles. The number of aryl methyl sites for hydroxylation is 1. The number of methoxy groups -OCH3 is 1. The summed E-state index contributed by atoms with van der Waals surface area (Å²) in [6.45, 7) is 4.11. The first kappa shape index (κ1) is 12.4. The lowest BCUT2D eigenvalue weighted by Crippen LogP contribution is -2.53. The van der Waals surface area contributed by atoms with E-state index in [0.29, 0.717) is 6.54 Å². The summed E-state index contributed by atoms with van der Waals surface area (Å²) in [6.07, 6.45) is 0. The molecule has 1 atom stereocenters. The number of anilines is 1. The Kier molecular flexibility index (Phi) is 3.23. The molecule has 1 N–H and O–H groups in total. The zero-order chi connectivity index (χ0) is 13.3. The first-order valence-corrected chi connectivity index (χ1v) is 5.80. The van der Waals surface area contributed by atoms with Crippen molar-refractivity contribution in [2.45, 2.75) is 13.8 Å². The van der Waals surface area contributed by atoms with Crippen molar-refractivity contribution in [1.29, 1.82) is 0 Å². The Bertz CT molecular complexity index is 499. The number of nitrogens with zero attached hydrogens (tertiary/aromatic N) is 1. The minimum absolute atomic E-state index is 0.204. The Balaban J connectivity index is 2.28. The van der Waals surface area contributed by atoms with E-state index in [-0.39, 0.29) is 17.9 Å². The third-order valence-electron chi connectivity index (χ3n) is 3.07. The van der Waals surface area contributed by atoms with Gasteiger partial charge in [0.25, 0.3) is 0 Å². The van der Waals surface area contributed by atoms with Crippen molar-refractivity contribution in [1.82, 2.24) is 5.32 Å². The molecule has 1 aliphatic heterocycles. The number of rotatable bonds is 2. The monoisotopic (exact) mass is 248 g/mol. The van der Waals surface area contributed by atoms with Crippen LogP contribution in [-0.2, 0) is 4.79 Å². The molecule has 18 heavy (non-hydrogen) atoms. The molecule has 0 radical (unpaired) electrons. The number of imide groups is 1. The van der Waals surface area contributed by atoms with Gasteiger partial charge in [0.1, 0.15) is 5.75 Å². The summed E-state index contributed by atoms with van der Waals surface area (Å²) < 4.78 is 5.18. The molecule has 0 bridgehead atoms. The van der Waals surface area contributed by atoms with E-state index in [9.17, 15) is 9.59 Å². The van der Waals surface area contributed by atoms with Crippen molar-refractivity contribution in [3.63, 3.8) is 0 Å². The summed E-state index contributed by atoms with van der Waals surface area (Å²) in [4.78, 5) is 24.7. The minimum atomic E-state index is -0.373. The molecule has 1 saturated heterocycles. The molecule has 1 aliphatic rings. The fourth-order valence-electron chi connectivity index (χ4n) is 1.99. The van der Waals surface area contributed by atoms with Gasteiger partial charge in [-0.1, -0.05) is 6.92 Å². The smallest absolute Gasteiger partial charge is 0.328 e. The fourth-order valence-corrected chi connectivity index (χ4v) is 1.99. The predicted octanol–water partition coefficient (Wildman–Crippen LogP) is 1.70. The van der Waals surface area contributed by atoms with Crippen LogP contribution in [0.15, 0.2) is 18.2 Å². The molecule has 3 amide bonds. The molecule has 0 saturated carbocycles. The Morgan fingerprint density at radius 3 is 2.72 bits per heavy atom. The lowest BCUT2D eigenvalue weighted by molar-refractivity contribution is -0.123. The van der Waals surface area contributed by atoms with Gasteiger partial charge in [-0.25, -0.2) is 4.79 Å². The maximum Gasteiger partial charge on any atom is 0.328 e. The van der Waals surface area contributed by atoms with E-state index in [2.05, 4.69) is 5.32 Å². The molecule has 0 spiro atoms. The zero-order valence-electron chi connectivity index (χ0n) is 10.7. The number of hydrogen-bond donors (Lipinski definition) is 1. The summed E-state index contributed by atoms with van der Waals surface area (Å²) in [6, 6.07) is 5.14. The zero-order valence-corrected chi connectivity index (χ0v) is 10.7. The van der Waals surface area contributed by atoms with Gasteiger partial charge in [-0.15, -0.1) is 0 Å². The molecule has 5 nitrogen and oxygen atoms in total.